The molecule has 0 saturated heterocycles. The number of phosphoric acid groups is 2. The molecule has 0 aliphatic rings. The molecule has 0 spiro atoms. The summed E-state index contributed by atoms with van der Waals surface area (Å²) in [5.41, 5.74) is -0.136. The van der Waals surface area contributed by atoms with Crippen LogP contribution in [-0.2, 0) is 9.13 Å². The Bertz CT molecular complexity index is 988. The number of carbonyl (C=O) groups is 1. The first-order valence-corrected chi connectivity index (χ1v) is 10.1. The molecule has 29 heavy (non-hydrogen) atoms. The smallest absolute Gasteiger partial charge is 1.00 e. The van der Waals surface area contributed by atoms with Crippen LogP contribution in [0.1, 0.15) is 17.5 Å². The normalized spacial score (nSPS) is 10.5. The minimum Gasteiger partial charge on any atom is -1.00 e. The summed E-state index contributed by atoms with van der Waals surface area (Å²) in [5.74, 6) is -1.08. The number of anilines is 1. The first-order chi connectivity index (χ1) is 12.8. The average molecular weight is 477 g/mol. The minimum atomic E-state index is -4.85. The van der Waals surface area contributed by atoms with Gasteiger partial charge < -0.3 is 25.9 Å². The van der Waals surface area contributed by atoms with Gasteiger partial charge in [-0.2, -0.15) is 5.26 Å². The summed E-state index contributed by atoms with van der Waals surface area (Å²) in [5, 5.41) is 11.1. The number of rotatable bonds is 4. The van der Waals surface area contributed by atoms with E-state index < -0.39 is 21.6 Å². The molecule has 0 radical (unpaired) electrons. The Morgan fingerprint density at radius 3 is 2.21 bits per heavy atom. The van der Waals surface area contributed by atoms with E-state index in [1.54, 1.807) is 6.07 Å². The molecule has 13 nitrogen and oxygen atoms in total. The number of nitrogens with zero attached hydrogens (tertiary/aromatic N) is 3. The van der Waals surface area contributed by atoms with Crippen LogP contribution < -0.4 is 39.4 Å². The Morgan fingerprint density at radius 1 is 1.17 bits per heavy atom. The van der Waals surface area contributed by atoms with Crippen LogP contribution in [0.15, 0.2) is 30.6 Å². The van der Waals surface area contributed by atoms with E-state index in [9.17, 15) is 9.36 Å². The molecule has 2 rings (SSSR count). The van der Waals surface area contributed by atoms with Gasteiger partial charge in [-0.3, -0.25) is 14.6 Å². The van der Waals surface area contributed by atoms with Gasteiger partial charge in [0.1, 0.15) is 11.8 Å². The van der Waals surface area contributed by atoms with Gasteiger partial charge in [-0.05, 0) is 18.2 Å². The number of phosphoric ester groups is 1. The molecule has 2 aromatic rings. The summed E-state index contributed by atoms with van der Waals surface area (Å²) >= 11 is 5.78. The van der Waals surface area contributed by atoms with E-state index in [0.717, 1.165) is 18.5 Å². The van der Waals surface area contributed by atoms with Crippen molar-refractivity contribution in [3.63, 3.8) is 0 Å². The number of aromatic nitrogens is 2. The fraction of sp³-hybridized carbons (Fsp3) is 0. The van der Waals surface area contributed by atoms with Crippen LogP contribution in [0.5, 0.6) is 5.75 Å². The molecule has 0 bridgehead atoms. The van der Waals surface area contributed by atoms with Gasteiger partial charge in [0.25, 0.3) is 5.91 Å². The molecular weight excluding hydrogens is 465 g/mol. The standard InChI is InChI=1S/C12H8ClN4O5P.Na.H3O4P.H/c13-7-1-2-10(22-23(19,20)21)9(3-7)12(18)17-11-6-15-8(4-14)5-16-11;;1-5(2,3)4;/h1-3,5-6H,(H,16,17,18)(H2,19,20,21);;(H3,1,2,3,4);/q;+1;;-1. The summed E-state index contributed by atoms with van der Waals surface area (Å²) < 4.78 is 24.3. The summed E-state index contributed by atoms with van der Waals surface area (Å²) in [4.78, 5) is 59.0. The zero-order valence-corrected chi connectivity index (χ0v) is 18.9. The van der Waals surface area contributed by atoms with Crippen LogP contribution in [0.2, 0.25) is 5.02 Å². The van der Waals surface area contributed by atoms with Crippen LogP contribution in [0.3, 0.4) is 0 Å². The average Bonchev–Trinajstić information content (AvgIpc) is 2.54. The van der Waals surface area contributed by atoms with E-state index >= 15 is 0 Å². The van der Waals surface area contributed by atoms with Crippen molar-refractivity contribution in [2.75, 3.05) is 5.32 Å². The van der Waals surface area contributed by atoms with Gasteiger partial charge in [0.05, 0.1) is 18.0 Å². The zero-order valence-electron chi connectivity index (χ0n) is 15.4. The third-order valence-electron chi connectivity index (χ3n) is 2.41. The van der Waals surface area contributed by atoms with Gasteiger partial charge in [0.2, 0.25) is 0 Å². The number of halogens is 1. The molecule has 1 heterocycles. The van der Waals surface area contributed by atoms with Crippen LogP contribution >= 0.6 is 27.2 Å². The number of carbonyl (C=O) groups excluding carboxylic acids is 1. The van der Waals surface area contributed by atoms with Crippen molar-refractivity contribution < 1.29 is 73.9 Å². The third-order valence-corrected chi connectivity index (χ3v) is 3.08. The maximum Gasteiger partial charge on any atom is 1.00 e. The number of nitrogens with one attached hydrogen (secondary N) is 1. The molecule has 0 fully saturated rings. The second-order valence-corrected chi connectivity index (χ2v) is 7.22. The van der Waals surface area contributed by atoms with Crippen molar-refractivity contribution in [3.8, 4) is 11.8 Å². The van der Waals surface area contributed by atoms with Gasteiger partial charge in [0.15, 0.2) is 11.5 Å². The summed E-state index contributed by atoms with van der Waals surface area (Å²) in [6, 6.07) is 5.41. The van der Waals surface area contributed by atoms with E-state index in [1.165, 1.54) is 12.1 Å². The monoisotopic (exact) mass is 476 g/mol. The largest absolute Gasteiger partial charge is 1.00 e. The quantitative estimate of drug-likeness (QED) is 0.206. The molecule has 0 saturated carbocycles. The molecule has 17 heteroatoms. The van der Waals surface area contributed by atoms with Crippen LogP contribution in [0, 0.1) is 11.3 Å². The second kappa shape index (κ2) is 11.7. The molecule has 0 aliphatic carbocycles. The molecule has 0 atom stereocenters. The van der Waals surface area contributed by atoms with Gasteiger partial charge in [-0.15, -0.1) is 0 Å². The Labute approximate surface area is 191 Å². The summed E-state index contributed by atoms with van der Waals surface area (Å²) in [7, 11) is -9.49. The molecule has 6 N–H and O–H groups in total. The van der Waals surface area contributed by atoms with Crippen LogP contribution in [0.25, 0.3) is 0 Å². The van der Waals surface area contributed by atoms with Gasteiger partial charge in [0, 0.05) is 5.02 Å². The van der Waals surface area contributed by atoms with E-state index in [-0.39, 0.29) is 58.8 Å². The van der Waals surface area contributed by atoms with Crippen LogP contribution in [0.4, 0.5) is 5.82 Å². The fourth-order valence-corrected chi connectivity index (χ4v) is 2.11. The van der Waals surface area contributed by atoms with Crippen molar-refractivity contribution in [1.29, 1.82) is 5.26 Å². The van der Waals surface area contributed by atoms with Crippen molar-refractivity contribution in [3.05, 3.63) is 46.9 Å². The molecule has 0 unspecified atom stereocenters. The molecule has 1 amide bonds. The molecule has 0 aliphatic heterocycles. The molecule has 1 aromatic carbocycles. The number of amides is 1. The maximum absolute atomic E-state index is 12.2. The van der Waals surface area contributed by atoms with E-state index in [1.807, 2.05) is 0 Å². The summed E-state index contributed by atoms with van der Waals surface area (Å²) in [6.07, 6.45) is 2.31. The Morgan fingerprint density at radius 2 is 1.76 bits per heavy atom. The predicted molar refractivity (Wildman–Crippen MR) is 94.2 cm³/mol. The summed E-state index contributed by atoms with van der Waals surface area (Å²) in [6.45, 7) is 0. The molecule has 152 valence electrons. The topological polar surface area (TPSA) is 223 Å². The number of hydrogen-bond donors (Lipinski definition) is 6. The SMILES string of the molecule is N#Cc1cnc(NC(=O)c2cc(Cl)ccc2OP(=O)(O)O)cn1.O=P(O)(O)O.[H-].[Na+]. The Hall–Kier alpha value is -1.39. The number of benzene rings is 1. The van der Waals surface area contributed by atoms with Crippen molar-refractivity contribution >= 4 is 39.0 Å². The minimum absolute atomic E-state index is 0. The van der Waals surface area contributed by atoms with Gasteiger partial charge >= 0.3 is 45.2 Å². The Kier molecular flexibility index (Phi) is 11.1. The van der Waals surface area contributed by atoms with Crippen LogP contribution in [-0.4, -0.2) is 40.3 Å². The predicted octanol–water partition coefficient (Wildman–Crippen LogP) is -2.09. The first-order valence-electron chi connectivity index (χ1n) is 6.65. The Balaban J connectivity index is 0. The first kappa shape index (κ1) is 27.6. The molecular formula is C12H12ClN4NaO9P2. The number of nitriles is 1. The third kappa shape index (κ3) is 12.0. The van der Waals surface area contributed by atoms with Crippen molar-refractivity contribution in [2.45, 2.75) is 0 Å². The van der Waals surface area contributed by atoms with Gasteiger partial charge in [-0.25, -0.2) is 19.1 Å². The van der Waals surface area contributed by atoms with E-state index in [0.29, 0.717) is 0 Å². The zero-order chi connectivity index (χ0) is 21.5. The fourth-order valence-electron chi connectivity index (χ4n) is 1.52. The number of hydrogen-bond acceptors (Lipinski definition) is 7. The van der Waals surface area contributed by atoms with E-state index in [2.05, 4.69) is 19.8 Å². The van der Waals surface area contributed by atoms with E-state index in [4.69, 9.17) is 45.9 Å². The van der Waals surface area contributed by atoms with Gasteiger partial charge in [-0.1, -0.05) is 11.6 Å². The van der Waals surface area contributed by atoms with Crippen molar-refractivity contribution in [1.82, 2.24) is 9.97 Å². The second-order valence-electron chi connectivity index (χ2n) is 4.59. The van der Waals surface area contributed by atoms with Crippen molar-refractivity contribution in [2.24, 2.45) is 0 Å². The maximum atomic E-state index is 12.2. The molecule has 1 aromatic heterocycles.